The Hall–Kier alpha value is -2.68. The van der Waals surface area contributed by atoms with Crippen molar-refractivity contribution in [3.8, 4) is 0 Å². The normalized spacial score (nSPS) is 28.7. The summed E-state index contributed by atoms with van der Waals surface area (Å²) in [5.41, 5.74) is 1.22. The highest BCUT2D eigenvalue weighted by Gasteiger charge is 2.57. The van der Waals surface area contributed by atoms with E-state index >= 15 is 0 Å². The molecule has 0 radical (unpaired) electrons. The number of hydrogen-bond donors (Lipinski definition) is 0. The third-order valence-corrected chi connectivity index (χ3v) is 6.17. The molecule has 3 aliphatic rings. The largest absolute Gasteiger partial charge is 0.657 e. The van der Waals surface area contributed by atoms with Gasteiger partial charge in [-0.25, -0.2) is 0 Å². The summed E-state index contributed by atoms with van der Waals surface area (Å²) < 4.78 is 22.7. The number of likely N-dealkylation sites (tertiary alicyclic amines) is 1. The van der Waals surface area contributed by atoms with Crippen molar-refractivity contribution >= 4 is 18.9 Å². The number of nitrogens with zero attached hydrogens (tertiary/aromatic N) is 1. The maximum atomic E-state index is 12.1. The van der Waals surface area contributed by atoms with E-state index in [0.29, 0.717) is 11.1 Å². The van der Waals surface area contributed by atoms with Crippen LogP contribution in [0.4, 0.5) is 0 Å². The van der Waals surface area contributed by atoms with Crippen molar-refractivity contribution in [2.45, 2.75) is 32.0 Å². The minimum absolute atomic E-state index is 0.610. The molecule has 0 aliphatic carbocycles. The first-order valence-corrected chi connectivity index (χ1v) is 10.8. The number of carbonyl (C=O) groups is 2. The molecule has 0 N–H and O–H groups in total. The highest BCUT2D eigenvalue weighted by atomic mass is 16.9. The Morgan fingerprint density at radius 3 is 1.58 bits per heavy atom. The average molecular weight is 425 g/mol. The van der Waals surface area contributed by atoms with Crippen molar-refractivity contribution < 1.29 is 32.7 Å². The smallest absolute Gasteiger partial charge is 0.606 e. The van der Waals surface area contributed by atoms with Gasteiger partial charge in [0, 0.05) is 12.8 Å². The molecule has 164 valence electrons. The van der Waals surface area contributed by atoms with Crippen LogP contribution in [0.25, 0.3) is 0 Å². The van der Waals surface area contributed by atoms with Gasteiger partial charge in [-0.1, -0.05) is 60.7 Å². The Morgan fingerprint density at radius 2 is 1.23 bits per heavy atom. The minimum atomic E-state index is -2.87. The van der Waals surface area contributed by atoms with E-state index in [9.17, 15) is 9.59 Å². The summed E-state index contributed by atoms with van der Waals surface area (Å²) in [5.74, 6) is -1.28. The van der Waals surface area contributed by atoms with E-state index in [1.807, 2.05) is 12.1 Å². The van der Waals surface area contributed by atoms with E-state index in [0.717, 1.165) is 0 Å². The molecule has 2 aromatic carbocycles. The fourth-order valence-corrected chi connectivity index (χ4v) is 4.12. The first kappa shape index (κ1) is 21.6. The van der Waals surface area contributed by atoms with E-state index < -0.39 is 31.1 Å². The van der Waals surface area contributed by atoms with Gasteiger partial charge in [0.15, 0.2) is 0 Å². The molecule has 0 amide bonds. The van der Waals surface area contributed by atoms with E-state index in [1.165, 1.54) is 37.0 Å². The molecule has 31 heavy (non-hydrogen) atoms. The molecule has 3 saturated heterocycles. The summed E-state index contributed by atoms with van der Waals surface area (Å²) in [5, 5.41) is 0. The van der Waals surface area contributed by atoms with Crippen molar-refractivity contribution in [3.05, 3.63) is 71.8 Å². The molecule has 2 atom stereocenters. The Bertz CT molecular complexity index is 851. The van der Waals surface area contributed by atoms with Gasteiger partial charge in [0.05, 0.1) is 26.7 Å². The molecule has 2 unspecified atom stereocenters. The molecule has 5 rings (SSSR count). The Kier molecular flexibility index (Phi) is 6.13. The second kappa shape index (κ2) is 8.82. The highest BCUT2D eigenvalue weighted by molar-refractivity contribution is 6.61. The van der Waals surface area contributed by atoms with Gasteiger partial charge in [0.25, 0.3) is 11.9 Å². The molecule has 3 fully saturated rings. The highest BCUT2D eigenvalue weighted by Crippen LogP contribution is 2.41. The lowest BCUT2D eigenvalue weighted by atomic mass is 10.1. The van der Waals surface area contributed by atoms with Crippen LogP contribution in [0.15, 0.2) is 60.7 Å². The van der Waals surface area contributed by atoms with Crippen molar-refractivity contribution in [2.75, 3.05) is 26.7 Å². The van der Waals surface area contributed by atoms with E-state index in [-0.39, 0.29) is 0 Å². The summed E-state index contributed by atoms with van der Waals surface area (Å²) in [6.07, 6.45) is 0.950. The van der Waals surface area contributed by atoms with Crippen LogP contribution in [0.5, 0.6) is 0 Å². The molecule has 8 heteroatoms. The van der Waals surface area contributed by atoms with Crippen LogP contribution in [0.3, 0.4) is 0 Å². The molecule has 0 bridgehead atoms. The number of carbonyl (C=O) groups excluding carboxylic acids is 2. The summed E-state index contributed by atoms with van der Waals surface area (Å²) in [6.45, 7) is 3.56. The fraction of sp³-hybridized carbons (Fsp3) is 0.391. The zero-order valence-corrected chi connectivity index (χ0v) is 17.9. The van der Waals surface area contributed by atoms with Gasteiger partial charge in [-0.05, 0) is 18.1 Å². The average Bonchev–Trinajstić information content (AvgIpc) is 3.47. The summed E-state index contributed by atoms with van der Waals surface area (Å²) in [4.78, 5) is 24.2. The second-order valence-corrected chi connectivity index (χ2v) is 8.39. The Morgan fingerprint density at radius 1 is 0.806 bits per heavy atom. The van der Waals surface area contributed by atoms with Crippen LogP contribution in [0.2, 0.25) is 0 Å². The number of rotatable bonds is 3. The molecule has 1 spiro atoms. The van der Waals surface area contributed by atoms with Crippen molar-refractivity contribution in [1.29, 1.82) is 0 Å². The Labute approximate surface area is 182 Å². The molecular formula is C23H28BNO6. The van der Waals surface area contributed by atoms with Gasteiger partial charge in [-0.2, -0.15) is 0 Å². The maximum absolute atomic E-state index is 12.1. The van der Waals surface area contributed by atoms with Crippen LogP contribution in [-0.2, 0) is 28.2 Å². The van der Waals surface area contributed by atoms with Crippen molar-refractivity contribution in [1.82, 2.24) is 0 Å². The molecule has 3 heterocycles. The fourth-order valence-electron chi connectivity index (χ4n) is 4.12. The van der Waals surface area contributed by atoms with Crippen LogP contribution in [0.1, 0.15) is 43.1 Å². The predicted octanol–water partition coefficient (Wildman–Crippen LogP) is 3.30. The number of benzene rings is 2. The number of hydrogen-bond acceptors (Lipinski definition) is 6. The molecule has 3 aliphatic heterocycles. The van der Waals surface area contributed by atoms with E-state index in [4.69, 9.17) is 18.6 Å². The van der Waals surface area contributed by atoms with Gasteiger partial charge in [-0.15, -0.1) is 0 Å². The van der Waals surface area contributed by atoms with Gasteiger partial charge in [0.2, 0.25) is 0 Å². The lowest BCUT2D eigenvalue weighted by Crippen LogP contribution is -2.40. The molecule has 0 saturated carbocycles. The standard InChI is InChI=1S/C16H12BO6.C7H16N/c18-15-13(11-7-3-1-4-8-11)20-17(22-15)21-14(16(19)23-17)12-9-5-2-6-10-12;1-3-8(2)6-4-5-7-8/h1-10,13-14H;3-7H2,1-2H3/q-1;+1. The first-order valence-electron chi connectivity index (χ1n) is 10.8. The maximum Gasteiger partial charge on any atom is 0.657 e. The van der Waals surface area contributed by atoms with Crippen LogP contribution >= 0.6 is 0 Å². The lowest BCUT2D eigenvalue weighted by molar-refractivity contribution is -0.895. The summed E-state index contributed by atoms with van der Waals surface area (Å²) in [6, 6.07) is 17.7. The minimum Gasteiger partial charge on any atom is -0.606 e. The van der Waals surface area contributed by atoms with Crippen molar-refractivity contribution in [2.24, 2.45) is 0 Å². The molecule has 0 aromatic heterocycles. The topological polar surface area (TPSA) is 71.1 Å². The van der Waals surface area contributed by atoms with Gasteiger partial charge >= 0.3 is 6.96 Å². The van der Waals surface area contributed by atoms with Gasteiger partial charge in [-0.3, -0.25) is 9.59 Å². The van der Waals surface area contributed by atoms with Crippen LogP contribution in [-0.4, -0.2) is 50.1 Å². The lowest BCUT2D eigenvalue weighted by Gasteiger charge is -2.26. The summed E-state index contributed by atoms with van der Waals surface area (Å²) >= 11 is 0. The quantitative estimate of drug-likeness (QED) is 0.555. The SMILES string of the molecule is CC[N+]1(C)CCCC1.O=C1O[B-]2(OC(=O)C(c3ccccc3)O2)OC1c1ccccc1. The summed E-state index contributed by atoms with van der Waals surface area (Å²) in [7, 11) is 2.35. The van der Waals surface area contributed by atoms with Crippen molar-refractivity contribution in [3.63, 3.8) is 0 Å². The third kappa shape index (κ3) is 4.66. The van der Waals surface area contributed by atoms with Gasteiger partial charge in [0.1, 0.15) is 12.2 Å². The Balaban J connectivity index is 0.000000245. The van der Waals surface area contributed by atoms with Crippen LogP contribution < -0.4 is 0 Å². The van der Waals surface area contributed by atoms with E-state index in [1.54, 1.807) is 48.5 Å². The first-order chi connectivity index (χ1) is 14.9. The zero-order valence-electron chi connectivity index (χ0n) is 17.9. The third-order valence-electron chi connectivity index (χ3n) is 6.17. The van der Waals surface area contributed by atoms with Gasteiger partial charge < -0.3 is 23.1 Å². The predicted molar refractivity (Wildman–Crippen MR) is 114 cm³/mol. The number of quaternary nitrogens is 1. The van der Waals surface area contributed by atoms with Crippen LogP contribution in [0, 0.1) is 0 Å². The molecular weight excluding hydrogens is 397 g/mol. The molecule has 2 aromatic rings. The monoisotopic (exact) mass is 425 g/mol. The second-order valence-electron chi connectivity index (χ2n) is 8.39. The molecule has 7 nitrogen and oxygen atoms in total. The zero-order chi connectivity index (χ0) is 21.9. The van der Waals surface area contributed by atoms with E-state index in [2.05, 4.69) is 14.0 Å².